The van der Waals surface area contributed by atoms with Crippen LogP contribution in [-0.4, -0.2) is 102 Å². The number of imidazole rings is 2. The zero-order valence-corrected chi connectivity index (χ0v) is 40.2. The van der Waals surface area contributed by atoms with Gasteiger partial charge in [0.25, 0.3) is 26.0 Å². The van der Waals surface area contributed by atoms with E-state index in [1.807, 2.05) is 0 Å². The Morgan fingerprint density at radius 1 is 0.672 bits per heavy atom. The molecule has 8 rings (SSSR count). The van der Waals surface area contributed by atoms with E-state index in [9.17, 15) is 35.2 Å². The summed E-state index contributed by atoms with van der Waals surface area (Å²) in [6.07, 6.45) is 8.45. The van der Waals surface area contributed by atoms with Gasteiger partial charge < -0.3 is 24.7 Å². The van der Waals surface area contributed by atoms with E-state index in [0.717, 1.165) is 71.0 Å². The summed E-state index contributed by atoms with van der Waals surface area (Å²) in [5.74, 6) is 0.623. The zero-order valence-electron chi connectivity index (χ0n) is 38.6. The maximum Gasteiger partial charge on any atom is 0.338 e. The van der Waals surface area contributed by atoms with E-state index in [2.05, 4.69) is 66.2 Å². The number of aliphatic hydroxyl groups excluding tert-OH is 1. The molecular formula is C46H59F2N9O8S2. The second-order valence-electron chi connectivity index (χ2n) is 19.6. The largest absolute Gasteiger partial charge is 0.478 e. The average molecular weight is 968 g/mol. The molecular weight excluding hydrogens is 909 g/mol. The molecule has 2 aliphatic carbocycles. The second kappa shape index (κ2) is 19.2. The molecule has 2 saturated carbocycles. The fraction of sp³-hybridized carbons (Fsp3) is 0.522. The number of carboxylic acids is 1. The maximum atomic E-state index is 13.6. The normalized spacial score (nSPS) is 19.6. The molecule has 362 valence electrons. The number of nitrogens with one attached hydrogen (secondary N) is 1. The summed E-state index contributed by atoms with van der Waals surface area (Å²) in [7, 11) is -8.12. The minimum absolute atomic E-state index is 0.0125. The lowest BCUT2D eigenvalue weighted by Crippen LogP contribution is -2.26. The van der Waals surface area contributed by atoms with E-state index >= 15 is 0 Å². The van der Waals surface area contributed by atoms with Gasteiger partial charge in [0.1, 0.15) is 24.0 Å². The van der Waals surface area contributed by atoms with Gasteiger partial charge in [0.15, 0.2) is 0 Å². The van der Waals surface area contributed by atoms with Crippen molar-refractivity contribution in [2.24, 2.45) is 11.8 Å². The Bertz CT molecular complexity index is 2980. The topological polar surface area (TPSA) is 226 Å². The van der Waals surface area contributed by atoms with Crippen LogP contribution in [0.2, 0.25) is 0 Å². The molecule has 0 unspecified atom stereocenters. The average Bonchev–Trinajstić information content (AvgIpc) is 4.10. The van der Waals surface area contributed by atoms with Gasteiger partial charge in [-0.15, -0.1) is 0 Å². The quantitative estimate of drug-likeness (QED) is 0.113. The molecule has 21 heteroatoms. The molecule has 0 atom stereocenters. The summed E-state index contributed by atoms with van der Waals surface area (Å²) in [6, 6.07) is 9.52. The van der Waals surface area contributed by atoms with E-state index < -0.39 is 44.3 Å². The first-order valence-corrected chi connectivity index (χ1v) is 25.4. The summed E-state index contributed by atoms with van der Waals surface area (Å²) < 4.78 is 85.3. The first-order chi connectivity index (χ1) is 31.5. The predicted octanol–water partition coefficient (Wildman–Crippen LogP) is 7.01. The van der Waals surface area contributed by atoms with Crippen LogP contribution in [0.5, 0.6) is 0 Å². The molecule has 2 fully saturated rings. The van der Waals surface area contributed by atoms with E-state index in [4.69, 9.17) is 20.2 Å². The summed E-state index contributed by atoms with van der Waals surface area (Å²) in [4.78, 5) is 32.7. The van der Waals surface area contributed by atoms with Crippen molar-refractivity contribution in [1.82, 2.24) is 42.8 Å². The van der Waals surface area contributed by atoms with Gasteiger partial charge in [0, 0.05) is 30.5 Å². The number of carbonyl (C=O) groups is 2. The number of halogens is 2. The van der Waals surface area contributed by atoms with Crippen LogP contribution in [0, 0.1) is 11.8 Å². The maximum absolute atomic E-state index is 13.6. The molecule has 0 saturated heterocycles. The van der Waals surface area contributed by atoms with Crippen molar-refractivity contribution in [3.05, 3.63) is 84.0 Å². The Hall–Kier alpha value is -5.54. The molecule has 0 bridgehead atoms. The predicted molar refractivity (Wildman–Crippen MR) is 247 cm³/mol. The van der Waals surface area contributed by atoms with Crippen molar-refractivity contribution in [2.75, 3.05) is 13.2 Å². The van der Waals surface area contributed by atoms with Crippen LogP contribution >= 0.6 is 0 Å². The molecule has 1 amide bonds. The van der Waals surface area contributed by atoms with Gasteiger partial charge in [0.05, 0.1) is 74.4 Å². The number of carbonyl (C=O) groups excluding carboxylic acids is 1. The molecule has 4 aromatic heterocycles. The lowest BCUT2D eigenvalue weighted by Gasteiger charge is -2.27. The van der Waals surface area contributed by atoms with Crippen molar-refractivity contribution in [3.8, 4) is 0 Å². The van der Waals surface area contributed by atoms with Crippen molar-refractivity contribution in [3.63, 3.8) is 0 Å². The Balaban J connectivity index is 0.000000200. The van der Waals surface area contributed by atoms with Crippen LogP contribution in [0.4, 0.5) is 8.78 Å². The monoisotopic (exact) mass is 967 g/mol. The van der Waals surface area contributed by atoms with Crippen LogP contribution in [0.3, 0.4) is 0 Å². The summed E-state index contributed by atoms with van der Waals surface area (Å²) in [6.45, 7) is 13.6. The molecule has 0 aliphatic heterocycles. The number of aromatic carboxylic acids is 1. The minimum Gasteiger partial charge on any atom is -0.478 e. The Morgan fingerprint density at radius 3 is 1.45 bits per heavy atom. The molecule has 67 heavy (non-hydrogen) atoms. The molecule has 4 heterocycles. The summed E-state index contributed by atoms with van der Waals surface area (Å²) in [5.41, 5.74) is 2.08. The molecule has 3 N–H and O–H groups in total. The van der Waals surface area contributed by atoms with E-state index in [-0.39, 0.29) is 44.9 Å². The van der Waals surface area contributed by atoms with Gasteiger partial charge in [-0.2, -0.15) is 35.2 Å². The van der Waals surface area contributed by atoms with Crippen molar-refractivity contribution < 1.29 is 45.4 Å². The second-order valence-corrected chi connectivity index (χ2v) is 23.2. The number of amides is 1. The Kier molecular flexibility index (Phi) is 14.2. The number of nitrogens with zero attached hydrogens (tertiary/aromatic N) is 8. The molecule has 0 spiro atoms. The first kappa shape index (κ1) is 49.4. The fourth-order valence-electron chi connectivity index (χ4n) is 8.77. The highest BCUT2D eigenvalue weighted by molar-refractivity contribution is 7.90. The molecule has 17 nitrogen and oxygen atoms in total. The van der Waals surface area contributed by atoms with Gasteiger partial charge in [0.2, 0.25) is 0 Å². The lowest BCUT2D eigenvalue weighted by atomic mass is 9.87. The standard InChI is InChI=1S/C24H32FN5O4S.C22H27FN4O4S/c1-24(2,3)23-28-20-12-19(8-9-21(20)29(23)14-16-4-6-18(25)7-5-16)35(33,34)30-15-17(13-27-30)22(32)26-10-11-31;1-22(2,3)21-25-18-10-17(32(30,31)27-13-15(11-24-27)20(28)29)8-9-19(18)26(21)12-14-4-6-16(23)7-5-14/h8-9,12-13,15-16,18,31H,4-7,10-11,14H2,1-3H3,(H,26,32);8-11,13-14,16H,4-7,12H2,1-3H3,(H,28,29). The van der Waals surface area contributed by atoms with E-state index in [1.165, 1.54) is 30.5 Å². The first-order valence-electron chi connectivity index (χ1n) is 22.5. The molecule has 0 radical (unpaired) electrons. The number of alkyl halides is 2. The highest BCUT2D eigenvalue weighted by atomic mass is 32.2. The number of fused-ring (bicyclic) bond motifs is 2. The number of carboxylic acid groups (broad SMARTS) is 1. The van der Waals surface area contributed by atoms with Crippen LogP contribution in [0.15, 0.2) is 71.0 Å². The summed E-state index contributed by atoms with van der Waals surface area (Å²) in [5, 5.41) is 27.9. The van der Waals surface area contributed by atoms with Crippen LogP contribution < -0.4 is 5.32 Å². The number of aromatic nitrogens is 8. The Labute approximate surface area is 388 Å². The molecule has 2 aromatic carbocycles. The number of benzene rings is 2. The summed E-state index contributed by atoms with van der Waals surface area (Å²) >= 11 is 0. The lowest BCUT2D eigenvalue weighted by molar-refractivity contribution is 0.0696. The molecule has 2 aliphatic rings. The van der Waals surface area contributed by atoms with Crippen LogP contribution in [0.1, 0.15) is 125 Å². The highest BCUT2D eigenvalue weighted by Gasteiger charge is 2.31. The zero-order chi connectivity index (χ0) is 48.6. The number of rotatable bonds is 12. The van der Waals surface area contributed by atoms with E-state index in [0.29, 0.717) is 65.7 Å². The van der Waals surface area contributed by atoms with Crippen LogP contribution in [0.25, 0.3) is 22.1 Å². The smallest absolute Gasteiger partial charge is 0.338 e. The van der Waals surface area contributed by atoms with Crippen molar-refractivity contribution in [2.45, 2.75) is 139 Å². The van der Waals surface area contributed by atoms with Gasteiger partial charge in [-0.3, -0.25) is 4.79 Å². The van der Waals surface area contributed by atoms with Gasteiger partial charge >= 0.3 is 5.97 Å². The van der Waals surface area contributed by atoms with Crippen molar-refractivity contribution >= 4 is 54.0 Å². The van der Waals surface area contributed by atoms with Gasteiger partial charge in [-0.05, 0) is 99.6 Å². The van der Waals surface area contributed by atoms with Gasteiger partial charge in [-0.1, -0.05) is 41.5 Å². The van der Waals surface area contributed by atoms with Gasteiger partial charge in [-0.25, -0.2) is 23.5 Å². The Morgan fingerprint density at radius 2 is 1.07 bits per heavy atom. The number of aliphatic hydroxyl groups is 1. The third kappa shape index (κ3) is 10.8. The SMILES string of the molecule is CC(C)(C)c1nc2cc(S(=O)(=O)n3cc(C(=O)NCCO)cn3)ccc2n1CC1CCC(F)CC1.CC(C)(C)c1nc2cc(S(=O)(=O)n3cc(C(=O)O)cn3)ccc2n1CC1CCC(F)CC1. The third-order valence-electron chi connectivity index (χ3n) is 12.3. The fourth-order valence-corrected chi connectivity index (χ4v) is 11.0. The van der Waals surface area contributed by atoms with E-state index in [1.54, 1.807) is 12.1 Å². The molecule has 6 aromatic rings. The highest BCUT2D eigenvalue weighted by Crippen LogP contribution is 2.35. The third-order valence-corrected chi connectivity index (χ3v) is 15.4. The number of hydrogen-bond donors (Lipinski definition) is 3. The van der Waals surface area contributed by atoms with Crippen LogP contribution in [-0.2, 0) is 44.0 Å². The number of hydrogen-bond acceptors (Lipinski definition) is 11. The minimum atomic E-state index is -4.06. The van der Waals surface area contributed by atoms with Crippen molar-refractivity contribution in [1.29, 1.82) is 0 Å².